The van der Waals surface area contributed by atoms with Crippen LogP contribution in [0.1, 0.15) is 24.1 Å². The predicted molar refractivity (Wildman–Crippen MR) is 91.0 cm³/mol. The van der Waals surface area contributed by atoms with Crippen LogP contribution < -0.4 is 0 Å². The first-order chi connectivity index (χ1) is 11.3. The maximum atomic E-state index is 12.5. The van der Waals surface area contributed by atoms with Gasteiger partial charge in [0.05, 0.1) is 10.7 Å². The summed E-state index contributed by atoms with van der Waals surface area (Å²) in [5.74, 6) is -0.0636. The molecule has 1 atom stereocenters. The first-order valence-electron chi connectivity index (χ1n) is 7.40. The number of benzene rings is 1. The Hall–Kier alpha value is -2.32. The number of pyridine rings is 1. The Labute approximate surface area is 141 Å². The van der Waals surface area contributed by atoms with Gasteiger partial charge in [-0.15, -0.1) is 0 Å². The van der Waals surface area contributed by atoms with Crippen molar-refractivity contribution in [3.05, 3.63) is 70.0 Å². The molecule has 0 saturated carbocycles. The van der Waals surface area contributed by atoms with E-state index in [9.17, 15) is 18.5 Å². The second kappa shape index (κ2) is 7.50. The zero-order valence-corrected chi connectivity index (χ0v) is 14.3. The van der Waals surface area contributed by atoms with Gasteiger partial charge in [0.15, 0.2) is 0 Å². The molecule has 0 saturated heterocycles. The largest absolute Gasteiger partial charge is 0.269 e. The van der Waals surface area contributed by atoms with Crippen LogP contribution in [0.5, 0.6) is 0 Å². The smallest absolute Gasteiger partial charge is 0.264 e. The Bertz CT molecular complexity index is 792. The number of nitro groups is 1. The van der Waals surface area contributed by atoms with Gasteiger partial charge in [0.2, 0.25) is 10.0 Å². The summed E-state index contributed by atoms with van der Waals surface area (Å²) in [7, 11) is -1.92. The van der Waals surface area contributed by atoms with Crippen molar-refractivity contribution in [2.75, 3.05) is 12.8 Å². The van der Waals surface area contributed by atoms with Crippen molar-refractivity contribution in [2.45, 2.75) is 19.4 Å². The molecule has 0 spiro atoms. The van der Waals surface area contributed by atoms with Crippen molar-refractivity contribution in [3.8, 4) is 0 Å². The topological polar surface area (TPSA) is 93.4 Å². The van der Waals surface area contributed by atoms with E-state index in [-0.39, 0.29) is 17.5 Å². The van der Waals surface area contributed by atoms with Crippen LogP contribution in [0.25, 0.3) is 0 Å². The van der Waals surface area contributed by atoms with Crippen molar-refractivity contribution in [1.29, 1.82) is 0 Å². The molecule has 0 N–H and O–H groups in total. The minimum Gasteiger partial charge on any atom is -0.264 e. The molecule has 0 amide bonds. The van der Waals surface area contributed by atoms with E-state index >= 15 is 0 Å². The van der Waals surface area contributed by atoms with E-state index in [1.165, 1.54) is 16.4 Å². The normalized spacial score (nSPS) is 13.0. The van der Waals surface area contributed by atoms with Gasteiger partial charge in [-0.3, -0.25) is 15.1 Å². The van der Waals surface area contributed by atoms with Gasteiger partial charge >= 0.3 is 0 Å². The summed E-state index contributed by atoms with van der Waals surface area (Å²) < 4.78 is 26.3. The summed E-state index contributed by atoms with van der Waals surface area (Å²) in [6.45, 7) is 1.81. The van der Waals surface area contributed by atoms with E-state index in [1.807, 2.05) is 6.07 Å². The van der Waals surface area contributed by atoms with Crippen LogP contribution in [0.15, 0.2) is 48.8 Å². The molecule has 0 radical (unpaired) electrons. The van der Waals surface area contributed by atoms with E-state index in [1.54, 1.807) is 44.6 Å². The van der Waals surface area contributed by atoms with E-state index < -0.39 is 14.9 Å². The number of nitrogens with zero attached hydrogens (tertiary/aromatic N) is 3. The second-order valence-electron chi connectivity index (χ2n) is 5.47. The third-order valence-corrected chi connectivity index (χ3v) is 5.86. The lowest BCUT2D eigenvalue weighted by Gasteiger charge is -2.24. The van der Waals surface area contributed by atoms with Crippen LogP contribution in [0.4, 0.5) is 5.69 Å². The fourth-order valence-corrected chi connectivity index (χ4v) is 3.63. The summed E-state index contributed by atoms with van der Waals surface area (Å²) in [6, 6.07) is 9.20. The molecule has 1 aromatic carbocycles. The van der Waals surface area contributed by atoms with Gasteiger partial charge in [-0.1, -0.05) is 18.2 Å². The summed E-state index contributed by atoms with van der Waals surface area (Å²) in [5.41, 5.74) is 1.55. The average molecular weight is 349 g/mol. The quantitative estimate of drug-likeness (QED) is 0.566. The number of rotatable bonds is 7. The molecular formula is C16H19N3O4S. The third kappa shape index (κ3) is 4.36. The van der Waals surface area contributed by atoms with Crippen molar-refractivity contribution < 1.29 is 13.3 Å². The molecular weight excluding hydrogens is 330 g/mol. The highest BCUT2D eigenvalue weighted by atomic mass is 32.2. The van der Waals surface area contributed by atoms with Crippen LogP contribution >= 0.6 is 0 Å². The fourth-order valence-electron chi connectivity index (χ4n) is 2.25. The van der Waals surface area contributed by atoms with E-state index in [2.05, 4.69) is 4.98 Å². The van der Waals surface area contributed by atoms with Gasteiger partial charge in [-0.05, 0) is 30.5 Å². The highest BCUT2D eigenvalue weighted by molar-refractivity contribution is 7.89. The van der Waals surface area contributed by atoms with Gasteiger partial charge in [0, 0.05) is 37.6 Å². The zero-order valence-electron chi connectivity index (χ0n) is 13.5. The molecule has 0 aliphatic carbocycles. The first kappa shape index (κ1) is 18.0. The monoisotopic (exact) mass is 349 g/mol. The number of nitro benzene ring substituents is 1. The Morgan fingerprint density at radius 3 is 2.46 bits per heavy atom. The molecule has 128 valence electrons. The van der Waals surface area contributed by atoms with Crippen LogP contribution in [0, 0.1) is 10.1 Å². The first-order valence-corrected chi connectivity index (χ1v) is 9.01. The maximum absolute atomic E-state index is 12.5. The van der Waals surface area contributed by atoms with Gasteiger partial charge in [0.1, 0.15) is 0 Å². The molecule has 0 fully saturated rings. The SMILES string of the molecule is CC(c1cccnc1)N(C)S(=O)(=O)CCc1ccc([N+](=O)[O-])cc1. The zero-order chi connectivity index (χ0) is 17.7. The molecule has 7 nitrogen and oxygen atoms in total. The maximum Gasteiger partial charge on any atom is 0.269 e. The molecule has 24 heavy (non-hydrogen) atoms. The average Bonchev–Trinajstić information content (AvgIpc) is 2.59. The van der Waals surface area contributed by atoms with E-state index in [0.29, 0.717) is 6.42 Å². The summed E-state index contributed by atoms with van der Waals surface area (Å²) in [4.78, 5) is 14.2. The van der Waals surface area contributed by atoms with Gasteiger partial charge in [-0.25, -0.2) is 8.42 Å². The second-order valence-corrected chi connectivity index (χ2v) is 7.62. The number of aromatic nitrogens is 1. The number of aryl methyl sites for hydroxylation is 1. The van der Waals surface area contributed by atoms with Crippen LogP contribution in [0.2, 0.25) is 0 Å². The van der Waals surface area contributed by atoms with Crippen molar-refractivity contribution in [2.24, 2.45) is 0 Å². The minimum atomic E-state index is -3.46. The van der Waals surface area contributed by atoms with Crippen LogP contribution in [-0.4, -0.2) is 35.4 Å². The summed E-state index contributed by atoms with van der Waals surface area (Å²) in [6.07, 6.45) is 3.58. The summed E-state index contributed by atoms with van der Waals surface area (Å²) in [5, 5.41) is 10.6. The number of sulfonamides is 1. The highest BCUT2D eigenvalue weighted by Gasteiger charge is 2.24. The summed E-state index contributed by atoms with van der Waals surface area (Å²) >= 11 is 0. The molecule has 1 unspecified atom stereocenters. The van der Waals surface area contributed by atoms with Gasteiger partial charge in [0.25, 0.3) is 5.69 Å². The Balaban J connectivity index is 2.03. The van der Waals surface area contributed by atoms with Crippen molar-refractivity contribution >= 4 is 15.7 Å². The Morgan fingerprint density at radius 1 is 1.25 bits per heavy atom. The molecule has 1 aromatic heterocycles. The molecule has 2 rings (SSSR count). The van der Waals surface area contributed by atoms with Crippen molar-refractivity contribution in [1.82, 2.24) is 9.29 Å². The van der Waals surface area contributed by atoms with E-state index in [4.69, 9.17) is 0 Å². The molecule has 8 heteroatoms. The number of hydrogen-bond donors (Lipinski definition) is 0. The lowest BCUT2D eigenvalue weighted by atomic mass is 10.1. The lowest BCUT2D eigenvalue weighted by molar-refractivity contribution is -0.384. The molecule has 2 aromatic rings. The van der Waals surface area contributed by atoms with Gasteiger partial charge < -0.3 is 0 Å². The van der Waals surface area contributed by atoms with E-state index in [0.717, 1.165) is 11.1 Å². The fraction of sp³-hybridized carbons (Fsp3) is 0.312. The predicted octanol–water partition coefficient (Wildman–Crippen LogP) is 2.56. The van der Waals surface area contributed by atoms with Gasteiger partial charge in [-0.2, -0.15) is 4.31 Å². The number of hydrogen-bond acceptors (Lipinski definition) is 5. The minimum absolute atomic E-state index is 0.0103. The highest BCUT2D eigenvalue weighted by Crippen LogP contribution is 2.21. The Kier molecular flexibility index (Phi) is 5.63. The van der Waals surface area contributed by atoms with Crippen LogP contribution in [-0.2, 0) is 16.4 Å². The molecule has 1 heterocycles. The molecule has 0 aliphatic heterocycles. The standard InChI is InChI=1S/C16H19N3O4S/c1-13(15-4-3-10-17-12-15)18(2)24(22,23)11-9-14-5-7-16(8-6-14)19(20)21/h3-8,10,12-13H,9,11H2,1-2H3. The van der Waals surface area contributed by atoms with Crippen LogP contribution in [0.3, 0.4) is 0 Å². The third-order valence-electron chi connectivity index (χ3n) is 3.95. The molecule has 0 aliphatic rings. The molecule has 0 bridgehead atoms. The van der Waals surface area contributed by atoms with Crippen molar-refractivity contribution in [3.63, 3.8) is 0 Å². The Morgan fingerprint density at radius 2 is 1.92 bits per heavy atom. The lowest BCUT2D eigenvalue weighted by Crippen LogP contribution is -2.32. The number of non-ortho nitro benzene ring substituents is 1.